The summed E-state index contributed by atoms with van der Waals surface area (Å²) in [4.78, 5) is 7.94. The zero-order valence-electron chi connectivity index (χ0n) is 11.1. The van der Waals surface area contributed by atoms with Crippen molar-refractivity contribution in [1.82, 2.24) is 9.97 Å². The minimum Gasteiger partial charge on any atom is -0.454 e. The molecule has 5 nitrogen and oxygen atoms in total. The first-order chi connectivity index (χ1) is 9.19. The molecule has 3 N–H and O–H groups in total. The Morgan fingerprint density at radius 3 is 2.95 bits per heavy atom. The largest absolute Gasteiger partial charge is 0.454 e. The third-order valence-electron chi connectivity index (χ3n) is 3.37. The summed E-state index contributed by atoms with van der Waals surface area (Å²) >= 11 is 0. The van der Waals surface area contributed by atoms with Crippen molar-refractivity contribution in [2.45, 2.75) is 19.8 Å². The predicted octanol–water partition coefficient (Wildman–Crippen LogP) is 2.18. The van der Waals surface area contributed by atoms with Gasteiger partial charge in [0, 0.05) is 23.7 Å². The van der Waals surface area contributed by atoms with Gasteiger partial charge in [-0.1, -0.05) is 6.92 Å². The van der Waals surface area contributed by atoms with E-state index in [9.17, 15) is 0 Å². The molecule has 1 aromatic carbocycles. The Labute approximate surface area is 111 Å². The van der Waals surface area contributed by atoms with Crippen molar-refractivity contribution in [1.29, 1.82) is 0 Å². The van der Waals surface area contributed by atoms with E-state index in [-0.39, 0.29) is 12.7 Å². The Kier molecular flexibility index (Phi) is 2.91. The van der Waals surface area contributed by atoms with Crippen LogP contribution in [0.3, 0.4) is 0 Å². The van der Waals surface area contributed by atoms with Gasteiger partial charge in [-0.2, -0.15) is 0 Å². The molecule has 0 saturated carbocycles. The van der Waals surface area contributed by atoms with Crippen molar-refractivity contribution in [2.24, 2.45) is 5.73 Å². The van der Waals surface area contributed by atoms with Gasteiger partial charge in [-0.25, -0.2) is 4.98 Å². The summed E-state index contributed by atoms with van der Waals surface area (Å²) < 4.78 is 10.7. The van der Waals surface area contributed by atoms with Crippen molar-refractivity contribution < 1.29 is 9.47 Å². The van der Waals surface area contributed by atoms with Crippen LogP contribution in [0, 0.1) is 6.92 Å². The normalized spacial score (nSPS) is 14.7. The second kappa shape index (κ2) is 4.59. The second-order valence-corrected chi connectivity index (χ2v) is 4.80. The van der Waals surface area contributed by atoms with E-state index in [0.29, 0.717) is 6.54 Å². The molecule has 19 heavy (non-hydrogen) atoms. The maximum Gasteiger partial charge on any atom is 0.231 e. The number of fused-ring (bicyclic) bond motifs is 1. The number of aromatic nitrogens is 2. The number of nitrogens with one attached hydrogen (secondary N) is 1. The maximum atomic E-state index is 5.68. The first-order valence-corrected chi connectivity index (χ1v) is 6.35. The minimum absolute atomic E-state index is 0.224. The van der Waals surface area contributed by atoms with Crippen LogP contribution < -0.4 is 15.2 Å². The number of aryl methyl sites for hydroxylation is 1. The van der Waals surface area contributed by atoms with Crippen LogP contribution in [0.5, 0.6) is 11.5 Å². The molecule has 0 saturated heterocycles. The highest BCUT2D eigenvalue weighted by Crippen LogP contribution is 2.36. The van der Waals surface area contributed by atoms with Gasteiger partial charge in [0.15, 0.2) is 11.5 Å². The minimum atomic E-state index is 0.224. The van der Waals surface area contributed by atoms with E-state index in [1.807, 2.05) is 25.1 Å². The highest BCUT2D eigenvalue weighted by Gasteiger charge is 2.17. The number of nitrogens with zero attached hydrogens (tertiary/aromatic N) is 1. The zero-order chi connectivity index (χ0) is 13.4. The van der Waals surface area contributed by atoms with Gasteiger partial charge in [0.2, 0.25) is 6.79 Å². The predicted molar refractivity (Wildman–Crippen MR) is 72.4 cm³/mol. The molecule has 5 heteroatoms. The SMILES string of the molecule is Cc1[nH]c(C(C)CN)nc1-c1ccc2c(c1)OCO2. The Morgan fingerprint density at radius 2 is 2.16 bits per heavy atom. The third kappa shape index (κ3) is 2.06. The highest BCUT2D eigenvalue weighted by atomic mass is 16.7. The van der Waals surface area contributed by atoms with E-state index in [1.54, 1.807) is 0 Å². The third-order valence-corrected chi connectivity index (χ3v) is 3.37. The van der Waals surface area contributed by atoms with Gasteiger partial charge in [-0.15, -0.1) is 0 Å². The number of imidazole rings is 1. The molecule has 3 rings (SSSR count). The Balaban J connectivity index is 2.00. The zero-order valence-corrected chi connectivity index (χ0v) is 11.1. The molecule has 1 unspecified atom stereocenters. The quantitative estimate of drug-likeness (QED) is 0.886. The van der Waals surface area contributed by atoms with Crippen molar-refractivity contribution in [3.63, 3.8) is 0 Å². The Bertz CT molecular complexity index is 607. The van der Waals surface area contributed by atoms with Crippen LogP contribution in [0.1, 0.15) is 24.4 Å². The number of aromatic amines is 1. The molecule has 1 atom stereocenters. The van der Waals surface area contributed by atoms with Gasteiger partial charge in [-0.05, 0) is 25.1 Å². The summed E-state index contributed by atoms with van der Waals surface area (Å²) in [6, 6.07) is 5.87. The summed E-state index contributed by atoms with van der Waals surface area (Å²) in [5.74, 6) is 2.70. The van der Waals surface area contributed by atoms with E-state index < -0.39 is 0 Å². The number of benzene rings is 1. The molecule has 0 spiro atoms. The van der Waals surface area contributed by atoms with Crippen LogP contribution in [-0.4, -0.2) is 23.3 Å². The molecule has 0 fully saturated rings. The van der Waals surface area contributed by atoms with Crippen molar-refractivity contribution in [3.05, 3.63) is 29.7 Å². The molecule has 2 aromatic rings. The van der Waals surface area contributed by atoms with E-state index in [4.69, 9.17) is 15.2 Å². The van der Waals surface area contributed by atoms with E-state index in [1.165, 1.54) is 0 Å². The van der Waals surface area contributed by atoms with Crippen LogP contribution in [0.15, 0.2) is 18.2 Å². The first kappa shape index (κ1) is 12.0. The van der Waals surface area contributed by atoms with E-state index in [2.05, 4.69) is 16.9 Å². The van der Waals surface area contributed by atoms with Crippen LogP contribution in [0.4, 0.5) is 0 Å². The fraction of sp³-hybridized carbons (Fsp3) is 0.357. The highest BCUT2D eigenvalue weighted by molar-refractivity contribution is 5.66. The maximum absolute atomic E-state index is 5.68. The van der Waals surface area contributed by atoms with E-state index >= 15 is 0 Å². The number of ether oxygens (including phenoxy) is 2. The van der Waals surface area contributed by atoms with Crippen LogP contribution in [0.25, 0.3) is 11.3 Å². The Morgan fingerprint density at radius 1 is 1.37 bits per heavy atom. The van der Waals surface area contributed by atoms with Gasteiger partial charge in [0.1, 0.15) is 5.82 Å². The summed E-state index contributed by atoms with van der Waals surface area (Å²) in [6.45, 7) is 4.93. The lowest BCUT2D eigenvalue weighted by Crippen LogP contribution is -2.10. The smallest absolute Gasteiger partial charge is 0.231 e. The molecule has 0 radical (unpaired) electrons. The average molecular weight is 259 g/mol. The lowest BCUT2D eigenvalue weighted by molar-refractivity contribution is 0.174. The number of hydrogen-bond acceptors (Lipinski definition) is 4. The summed E-state index contributed by atoms with van der Waals surface area (Å²) in [6.07, 6.45) is 0. The van der Waals surface area contributed by atoms with Gasteiger partial charge >= 0.3 is 0 Å². The average Bonchev–Trinajstić information content (AvgIpc) is 3.03. The van der Waals surface area contributed by atoms with Crippen LogP contribution >= 0.6 is 0 Å². The molecule has 1 aromatic heterocycles. The molecule has 1 aliphatic rings. The van der Waals surface area contributed by atoms with Gasteiger partial charge in [-0.3, -0.25) is 0 Å². The molecule has 1 aliphatic heterocycles. The lowest BCUT2D eigenvalue weighted by atomic mass is 10.1. The fourth-order valence-electron chi connectivity index (χ4n) is 2.15. The monoisotopic (exact) mass is 259 g/mol. The van der Waals surface area contributed by atoms with Crippen LogP contribution in [-0.2, 0) is 0 Å². The topological polar surface area (TPSA) is 73.2 Å². The van der Waals surface area contributed by atoms with E-state index in [0.717, 1.165) is 34.3 Å². The van der Waals surface area contributed by atoms with Gasteiger partial charge in [0.25, 0.3) is 0 Å². The van der Waals surface area contributed by atoms with Crippen molar-refractivity contribution in [2.75, 3.05) is 13.3 Å². The molecular formula is C14H17N3O2. The summed E-state index contributed by atoms with van der Waals surface area (Å²) in [7, 11) is 0. The lowest BCUT2D eigenvalue weighted by Gasteiger charge is -2.03. The summed E-state index contributed by atoms with van der Waals surface area (Å²) in [5.41, 5.74) is 8.68. The molecule has 100 valence electrons. The molecular weight excluding hydrogens is 242 g/mol. The number of H-pyrrole nitrogens is 1. The molecule has 0 amide bonds. The molecule has 0 aliphatic carbocycles. The number of nitrogens with two attached hydrogens (primary N) is 1. The molecule has 0 bridgehead atoms. The van der Waals surface area contributed by atoms with Crippen molar-refractivity contribution >= 4 is 0 Å². The van der Waals surface area contributed by atoms with Crippen LogP contribution in [0.2, 0.25) is 0 Å². The van der Waals surface area contributed by atoms with Gasteiger partial charge in [0.05, 0.1) is 5.69 Å². The first-order valence-electron chi connectivity index (χ1n) is 6.35. The molecule has 2 heterocycles. The van der Waals surface area contributed by atoms with Gasteiger partial charge < -0.3 is 20.2 Å². The number of rotatable bonds is 3. The number of hydrogen-bond donors (Lipinski definition) is 2. The Hall–Kier alpha value is -2.01. The standard InChI is InChI=1S/C14H17N3O2/c1-8(6-15)14-16-9(2)13(17-14)10-3-4-11-12(5-10)19-7-18-11/h3-5,8H,6-7,15H2,1-2H3,(H,16,17). The summed E-state index contributed by atoms with van der Waals surface area (Å²) in [5, 5.41) is 0. The van der Waals surface area contributed by atoms with Crippen molar-refractivity contribution in [3.8, 4) is 22.8 Å². The fourth-order valence-corrected chi connectivity index (χ4v) is 2.15. The second-order valence-electron chi connectivity index (χ2n) is 4.80.